The van der Waals surface area contributed by atoms with E-state index in [0.717, 1.165) is 12.8 Å². The number of nitrogens with zero attached hydrogens (tertiary/aromatic N) is 1. The van der Waals surface area contributed by atoms with Crippen LogP contribution < -0.4 is 0 Å². The van der Waals surface area contributed by atoms with Gasteiger partial charge >= 0.3 is 0 Å². The molecule has 2 heteroatoms. The summed E-state index contributed by atoms with van der Waals surface area (Å²) in [6.07, 6.45) is 2.03. The molecular weight excluding hydrogens is 114 g/mol. The molecule has 0 radical (unpaired) electrons. The van der Waals surface area contributed by atoms with Crippen LogP contribution in [0.4, 0.5) is 0 Å². The van der Waals surface area contributed by atoms with Gasteiger partial charge in [-0.05, 0) is 6.42 Å². The van der Waals surface area contributed by atoms with E-state index < -0.39 is 0 Å². The molecule has 0 rings (SSSR count). The predicted octanol–water partition coefficient (Wildman–Crippen LogP) is 1.31. The lowest BCUT2D eigenvalue weighted by Crippen LogP contribution is -2.07. The van der Waals surface area contributed by atoms with Crippen LogP contribution in [-0.2, 0) is 0 Å². The van der Waals surface area contributed by atoms with Crippen LogP contribution in [0.2, 0.25) is 0 Å². The van der Waals surface area contributed by atoms with Crippen LogP contribution >= 0.6 is 0 Å². The van der Waals surface area contributed by atoms with Gasteiger partial charge in [0.05, 0.1) is 12.5 Å². The average Bonchev–Trinajstić information content (AvgIpc) is 1.88. The molecule has 1 N–H and O–H groups in total. The van der Waals surface area contributed by atoms with Gasteiger partial charge in [0.2, 0.25) is 6.54 Å². The minimum atomic E-state index is 0.163. The van der Waals surface area contributed by atoms with Gasteiger partial charge in [-0.3, -0.25) is 0 Å². The first-order chi connectivity index (χ1) is 4.35. The van der Waals surface area contributed by atoms with E-state index in [1.165, 1.54) is 0 Å². The van der Waals surface area contributed by atoms with Gasteiger partial charge < -0.3 is 9.95 Å². The van der Waals surface area contributed by atoms with Gasteiger partial charge in [0, 0.05) is 0 Å². The molecule has 0 aliphatic heterocycles. The molecule has 0 aliphatic carbocycles. The van der Waals surface area contributed by atoms with Gasteiger partial charge in [0.15, 0.2) is 0 Å². The van der Waals surface area contributed by atoms with Crippen LogP contribution in [0, 0.1) is 12.5 Å². The minimum Gasteiger partial charge on any atom is -0.396 e. The highest BCUT2D eigenvalue weighted by Crippen LogP contribution is 2.04. The molecule has 9 heavy (non-hydrogen) atoms. The van der Waals surface area contributed by atoms with Crippen molar-refractivity contribution in [1.29, 1.82) is 0 Å². The van der Waals surface area contributed by atoms with Gasteiger partial charge in [-0.2, -0.15) is 0 Å². The summed E-state index contributed by atoms with van der Waals surface area (Å²) in [5.74, 6) is 0.215. The molecule has 0 saturated heterocycles. The predicted molar refractivity (Wildman–Crippen MR) is 37.0 cm³/mol. The summed E-state index contributed by atoms with van der Waals surface area (Å²) < 4.78 is 0. The highest BCUT2D eigenvalue weighted by atomic mass is 16.3. The van der Waals surface area contributed by atoms with E-state index in [4.69, 9.17) is 11.7 Å². The van der Waals surface area contributed by atoms with Crippen LogP contribution in [0.3, 0.4) is 0 Å². The summed E-state index contributed by atoms with van der Waals surface area (Å²) in [5.41, 5.74) is 0. The number of rotatable bonds is 4. The molecule has 0 heterocycles. The van der Waals surface area contributed by atoms with E-state index in [9.17, 15) is 0 Å². The number of hydrogen-bond donors (Lipinski definition) is 1. The zero-order valence-corrected chi connectivity index (χ0v) is 5.80. The third-order valence-corrected chi connectivity index (χ3v) is 1.30. The van der Waals surface area contributed by atoms with Crippen LogP contribution in [0.15, 0.2) is 0 Å². The summed E-state index contributed by atoms with van der Waals surface area (Å²) in [5, 5.41) is 8.64. The molecular formula is C7H13NO. The fourth-order valence-electron chi connectivity index (χ4n) is 0.778. The van der Waals surface area contributed by atoms with E-state index in [1.807, 2.05) is 0 Å². The monoisotopic (exact) mass is 127 g/mol. The van der Waals surface area contributed by atoms with Crippen molar-refractivity contribution in [2.24, 2.45) is 5.92 Å². The highest BCUT2D eigenvalue weighted by molar-refractivity contribution is 4.68. The average molecular weight is 127 g/mol. The Bertz CT molecular complexity index is 95.6. The number of aliphatic hydroxyl groups excluding tert-OH is 1. The molecule has 0 spiro atoms. The van der Waals surface area contributed by atoms with Crippen LogP contribution in [0.1, 0.15) is 19.8 Å². The van der Waals surface area contributed by atoms with Crippen LogP contribution in [-0.4, -0.2) is 18.3 Å². The second-order valence-electron chi connectivity index (χ2n) is 2.18. The zero-order chi connectivity index (χ0) is 7.11. The first-order valence-corrected chi connectivity index (χ1v) is 3.29. The Kier molecular flexibility index (Phi) is 5.24. The second-order valence-corrected chi connectivity index (χ2v) is 2.18. The van der Waals surface area contributed by atoms with Crippen molar-refractivity contribution in [2.75, 3.05) is 13.2 Å². The summed E-state index contributed by atoms with van der Waals surface area (Å²) in [6, 6.07) is 0. The maximum atomic E-state index is 8.64. The summed E-state index contributed by atoms with van der Waals surface area (Å²) in [7, 11) is 0. The Labute approximate surface area is 56.3 Å². The highest BCUT2D eigenvalue weighted by Gasteiger charge is 2.07. The van der Waals surface area contributed by atoms with Gasteiger partial charge in [-0.1, -0.05) is 13.3 Å². The van der Waals surface area contributed by atoms with Crippen LogP contribution in [0.25, 0.3) is 4.85 Å². The summed E-state index contributed by atoms with van der Waals surface area (Å²) in [6.45, 7) is 9.23. The summed E-state index contributed by atoms with van der Waals surface area (Å²) in [4.78, 5) is 3.22. The van der Waals surface area contributed by atoms with Gasteiger partial charge in [-0.25, -0.2) is 6.57 Å². The van der Waals surface area contributed by atoms with Crippen molar-refractivity contribution in [3.63, 3.8) is 0 Å². The van der Waals surface area contributed by atoms with Crippen molar-refractivity contribution in [2.45, 2.75) is 19.8 Å². The summed E-state index contributed by atoms with van der Waals surface area (Å²) >= 11 is 0. The molecule has 0 aromatic carbocycles. The van der Waals surface area contributed by atoms with Gasteiger partial charge in [0.25, 0.3) is 0 Å². The minimum absolute atomic E-state index is 0.163. The maximum Gasteiger partial charge on any atom is 0.219 e. The standard InChI is InChI=1S/C7H13NO/c1-3-4-7(6-9)5-8-2/h7,9H,3-6H2,1H3/t7-/m0/s1. The number of hydrogen-bond acceptors (Lipinski definition) is 1. The Balaban J connectivity index is 3.32. The molecule has 0 amide bonds. The Hall–Kier alpha value is -0.550. The van der Waals surface area contributed by atoms with Crippen molar-refractivity contribution >= 4 is 0 Å². The lowest BCUT2D eigenvalue weighted by molar-refractivity contribution is 0.227. The van der Waals surface area contributed by atoms with Crippen molar-refractivity contribution in [3.8, 4) is 0 Å². The molecule has 0 bridgehead atoms. The fraction of sp³-hybridized carbons (Fsp3) is 0.857. The molecule has 2 nitrogen and oxygen atoms in total. The molecule has 52 valence electrons. The molecule has 1 atom stereocenters. The quantitative estimate of drug-likeness (QED) is 0.566. The molecule has 0 aromatic heterocycles. The van der Waals surface area contributed by atoms with Crippen LogP contribution in [0.5, 0.6) is 0 Å². The lowest BCUT2D eigenvalue weighted by atomic mass is 10.1. The van der Waals surface area contributed by atoms with E-state index >= 15 is 0 Å². The van der Waals surface area contributed by atoms with E-state index in [2.05, 4.69) is 11.8 Å². The zero-order valence-electron chi connectivity index (χ0n) is 5.80. The SMILES string of the molecule is [C-]#[N+]C[C@@H](CO)CCC. The largest absolute Gasteiger partial charge is 0.396 e. The Morgan fingerprint density at radius 1 is 1.67 bits per heavy atom. The van der Waals surface area contributed by atoms with Crippen molar-refractivity contribution < 1.29 is 5.11 Å². The first kappa shape index (κ1) is 8.45. The van der Waals surface area contributed by atoms with E-state index in [0.29, 0.717) is 6.54 Å². The lowest BCUT2D eigenvalue weighted by Gasteiger charge is -2.03. The Morgan fingerprint density at radius 3 is 2.67 bits per heavy atom. The van der Waals surface area contributed by atoms with E-state index in [-0.39, 0.29) is 12.5 Å². The normalized spacial score (nSPS) is 12.6. The third kappa shape index (κ3) is 3.99. The maximum absolute atomic E-state index is 8.64. The van der Waals surface area contributed by atoms with Crippen molar-refractivity contribution in [1.82, 2.24) is 0 Å². The second kappa shape index (κ2) is 5.58. The van der Waals surface area contributed by atoms with Crippen molar-refractivity contribution in [3.05, 3.63) is 11.4 Å². The molecule has 0 fully saturated rings. The number of aliphatic hydroxyl groups is 1. The molecule has 0 aromatic rings. The van der Waals surface area contributed by atoms with Gasteiger partial charge in [-0.15, -0.1) is 0 Å². The third-order valence-electron chi connectivity index (χ3n) is 1.30. The fourth-order valence-corrected chi connectivity index (χ4v) is 0.778. The molecule has 0 unspecified atom stereocenters. The Morgan fingerprint density at radius 2 is 2.33 bits per heavy atom. The van der Waals surface area contributed by atoms with E-state index in [1.54, 1.807) is 0 Å². The molecule has 0 saturated carbocycles. The molecule has 0 aliphatic rings. The smallest absolute Gasteiger partial charge is 0.219 e. The topological polar surface area (TPSA) is 24.6 Å². The van der Waals surface area contributed by atoms with Gasteiger partial charge in [0.1, 0.15) is 0 Å². The first-order valence-electron chi connectivity index (χ1n) is 3.29.